The lowest BCUT2D eigenvalue weighted by Gasteiger charge is -2.31. The molecule has 0 radical (unpaired) electrons. The topological polar surface area (TPSA) is 28.2 Å². The summed E-state index contributed by atoms with van der Waals surface area (Å²) in [5.41, 5.74) is 3.77. The highest BCUT2D eigenvalue weighted by atomic mass is 32.1. The summed E-state index contributed by atoms with van der Waals surface area (Å²) in [5.74, 6) is 0. The standard InChI is InChI=1S/C18H25N3S.H2/c1-13-7-8-15-17(20-13)18(2,3)12-21(15)14(9-10-19-4)16-6-5-11-22-16;/h5-8,11,14,19H,9-10,12H2,1-4H3;1H/t14-;/m1./s1. The molecule has 0 unspecified atom stereocenters. The number of hydrogen-bond acceptors (Lipinski definition) is 4. The molecule has 22 heavy (non-hydrogen) atoms. The molecule has 1 aliphatic heterocycles. The summed E-state index contributed by atoms with van der Waals surface area (Å²) in [5, 5.41) is 5.48. The van der Waals surface area contributed by atoms with Crippen LogP contribution < -0.4 is 10.2 Å². The summed E-state index contributed by atoms with van der Waals surface area (Å²) in [4.78, 5) is 8.85. The predicted molar refractivity (Wildman–Crippen MR) is 97.1 cm³/mol. The minimum absolute atomic E-state index is 0. The van der Waals surface area contributed by atoms with Gasteiger partial charge in [-0.2, -0.15) is 0 Å². The number of anilines is 1. The third-order valence-corrected chi connectivity index (χ3v) is 5.42. The minimum atomic E-state index is 0. The Morgan fingerprint density at radius 3 is 2.91 bits per heavy atom. The van der Waals surface area contributed by atoms with E-state index in [0.29, 0.717) is 6.04 Å². The van der Waals surface area contributed by atoms with Crippen LogP contribution >= 0.6 is 11.3 Å². The number of rotatable bonds is 5. The fourth-order valence-corrected chi connectivity index (χ4v) is 4.23. The molecule has 0 saturated heterocycles. The fraction of sp³-hybridized carbons (Fsp3) is 0.500. The monoisotopic (exact) mass is 317 g/mol. The van der Waals surface area contributed by atoms with Gasteiger partial charge in [0.15, 0.2) is 0 Å². The first kappa shape index (κ1) is 15.5. The molecule has 1 aliphatic rings. The molecule has 0 saturated carbocycles. The van der Waals surface area contributed by atoms with Crippen molar-refractivity contribution in [1.29, 1.82) is 0 Å². The van der Waals surface area contributed by atoms with Gasteiger partial charge in [-0.15, -0.1) is 11.3 Å². The molecule has 0 fully saturated rings. The van der Waals surface area contributed by atoms with Crippen LogP contribution in [-0.4, -0.2) is 25.1 Å². The van der Waals surface area contributed by atoms with Crippen LogP contribution in [0.25, 0.3) is 0 Å². The average Bonchev–Trinajstić information content (AvgIpc) is 3.08. The Kier molecular flexibility index (Phi) is 4.24. The zero-order chi connectivity index (χ0) is 15.7. The van der Waals surface area contributed by atoms with Crippen molar-refractivity contribution in [2.45, 2.75) is 38.6 Å². The summed E-state index contributed by atoms with van der Waals surface area (Å²) in [6.07, 6.45) is 1.11. The van der Waals surface area contributed by atoms with Gasteiger partial charge in [0.2, 0.25) is 0 Å². The number of pyridine rings is 1. The van der Waals surface area contributed by atoms with Gasteiger partial charge in [0.25, 0.3) is 0 Å². The normalized spacial score (nSPS) is 17.5. The van der Waals surface area contributed by atoms with Gasteiger partial charge < -0.3 is 10.2 Å². The SMILES string of the molecule is CNCC[C@H](c1cccs1)N1CC(C)(C)c2nc(C)ccc21.[HH]. The Balaban J connectivity index is 0.00000192. The van der Waals surface area contributed by atoms with Crippen molar-refractivity contribution >= 4 is 17.0 Å². The zero-order valence-corrected chi connectivity index (χ0v) is 14.7. The van der Waals surface area contributed by atoms with E-state index in [1.54, 1.807) is 0 Å². The fourth-order valence-electron chi connectivity index (χ4n) is 3.36. The molecular formula is C18H27N3S. The summed E-state index contributed by atoms with van der Waals surface area (Å²) in [7, 11) is 2.03. The summed E-state index contributed by atoms with van der Waals surface area (Å²) < 4.78 is 0. The van der Waals surface area contributed by atoms with Gasteiger partial charge in [-0.05, 0) is 50.5 Å². The molecule has 0 aromatic carbocycles. The van der Waals surface area contributed by atoms with E-state index >= 15 is 0 Å². The molecule has 0 spiro atoms. The van der Waals surface area contributed by atoms with E-state index in [9.17, 15) is 0 Å². The van der Waals surface area contributed by atoms with Crippen molar-refractivity contribution in [2.75, 3.05) is 25.0 Å². The van der Waals surface area contributed by atoms with E-state index in [2.05, 4.69) is 60.6 Å². The highest BCUT2D eigenvalue weighted by molar-refractivity contribution is 7.10. The predicted octanol–water partition coefficient (Wildman–Crippen LogP) is 4.15. The number of fused-ring (bicyclic) bond motifs is 1. The molecule has 0 bridgehead atoms. The largest absolute Gasteiger partial charge is 0.361 e. The number of hydrogen-bond donors (Lipinski definition) is 1. The lowest BCUT2D eigenvalue weighted by atomic mass is 9.91. The highest BCUT2D eigenvalue weighted by Gasteiger charge is 2.39. The van der Waals surface area contributed by atoms with E-state index in [4.69, 9.17) is 4.98 Å². The first-order chi connectivity index (χ1) is 10.5. The van der Waals surface area contributed by atoms with Crippen molar-refractivity contribution in [3.63, 3.8) is 0 Å². The summed E-state index contributed by atoms with van der Waals surface area (Å²) in [6.45, 7) is 8.75. The second kappa shape index (κ2) is 6.01. The van der Waals surface area contributed by atoms with Crippen molar-refractivity contribution < 1.29 is 1.43 Å². The first-order valence-electron chi connectivity index (χ1n) is 7.96. The molecule has 4 heteroatoms. The van der Waals surface area contributed by atoms with Crippen LogP contribution in [0.15, 0.2) is 29.6 Å². The van der Waals surface area contributed by atoms with Crippen molar-refractivity contribution in [3.8, 4) is 0 Å². The van der Waals surface area contributed by atoms with Crippen LogP contribution in [0.3, 0.4) is 0 Å². The Labute approximate surface area is 138 Å². The van der Waals surface area contributed by atoms with Crippen molar-refractivity contribution in [1.82, 2.24) is 10.3 Å². The highest BCUT2D eigenvalue weighted by Crippen LogP contribution is 2.44. The van der Waals surface area contributed by atoms with Gasteiger partial charge in [-0.3, -0.25) is 4.98 Å². The molecule has 2 aromatic rings. The number of nitrogens with one attached hydrogen (secondary N) is 1. The third-order valence-electron chi connectivity index (χ3n) is 4.44. The molecule has 1 atom stereocenters. The van der Waals surface area contributed by atoms with E-state index in [1.807, 2.05) is 18.4 Å². The van der Waals surface area contributed by atoms with Crippen LogP contribution in [0.1, 0.15) is 44.0 Å². The third kappa shape index (κ3) is 2.77. The Morgan fingerprint density at radius 1 is 1.41 bits per heavy atom. The van der Waals surface area contributed by atoms with Crippen LogP contribution in [-0.2, 0) is 5.41 Å². The number of thiophene rings is 1. The summed E-state index contributed by atoms with van der Waals surface area (Å²) >= 11 is 1.86. The van der Waals surface area contributed by atoms with E-state index in [0.717, 1.165) is 25.2 Å². The Bertz CT molecular complexity index is 640. The number of aromatic nitrogens is 1. The van der Waals surface area contributed by atoms with E-state index in [1.165, 1.54) is 16.3 Å². The second-order valence-corrected chi connectivity index (χ2v) is 7.73. The maximum atomic E-state index is 4.85. The maximum absolute atomic E-state index is 4.85. The van der Waals surface area contributed by atoms with Gasteiger partial charge in [-0.25, -0.2) is 0 Å². The van der Waals surface area contributed by atoms with Crippen molar-refractivity contribution in [2.24, 2.45) is 0 Å². The van der Waals surface area contributed by atoms with E-state index in [-0.39, 0.29) is 6.84 Å². The van der Waals surface area contributed by atoms with Gasteiger partial charge in [-0.1, -0.05) is 19.9 Å². The lowest BCUT2D eigenvalue weighted by Crippen LogP contribution is -2.33. The molecule has 3 rings (SSSR count). The maximum Gasteiger partial charge on any atom is 0.0713 e. The average molecular weight is 318 g/mol. The van der Waals surface area contributed by atoms with E-state index < -0.39 is 0 Å². The van der Waals surface area contributed by atoms with Gasteiger partial charge in [0.05, 0.1) is 17.4 Å². The van der Waals surface area contributed by atoms with Gasteiger partial charge in [0.1, 0.15) is 0 Å². The van der Waals surface area contributed by atoms with Gasteiger partial charge in [0, 0.05) is 24.0 Å². The van der Waals surface area contributed by atoms with Crippen LogP contribution in [0.2, 0.25) is 0 Å². The molecule has 3 nitrogen and oxygen atoms in total. The Hall–Kier alpha value is -1.39. The van der Waals surface area contributed by atoms with Crippen molar-refractivity contribution in [3.05, 3.63) is 45.9 Å². The second-order valence-electron chi connectivity index (χ2n) is 6.76. The molecular weight excluding hydrogens is 290 g/mol. The molecule has 0 aliphatic carbocycles. The number of aryl methyl sites for hydroxylation is 1. The van der Waals surface area contributed by atoms with Crippen LogP contribution in [0, 0.1) is 6.92 Å². The molecule has 120 valence electrons. The van der Waals surface area contributed by atoms with Crippen LogP contribution in [0.4, 0.5) is 5.69 Å². The smallest absolute Gasteiger partial charge is 0.0713 e. The van der Waals surface area contributed by atoms with Crippen LogP contribution in [0.5, 0.6) is 0 Å². The molecule has 1 N–H and O–H groups in total. The quantitative estimate of drug-likeness (QED) is 0.898. The Morgan fingerprint density at radius 2 is 2.23 bits per heavy atom. The zero-order valence-electron chi connectivity index (χ0n) is 13.9. The molecule has 2 aromatic heterocycles. The first-order valence-corrected chi connectivity index (χ1v) is 8.83. The minimum Gasteiger partial charge on any atom is -0.361 e. The van der Waals surface area contributed by atoms with Gasteiger partial charge >= 0.3 is 0 Å². The molecule has 0 amide bonds. The molecule has 3 heterocycles. The lowest BCUT2D eigenvalue weighted by molar-refractivity contribution is 0.493. The summed E-state index contributed by atoms with van der Waals surface area (Å²) in [6, 6.07) is 9.24. The number of nitrogens with zero attached hydrogens (tertiary/aromatic N) is 2.